The molecule has 1 N–H and O–H groups in total. The van der Waals surface area contributed by atoms with Gasteiger partial charge < -0.3 is 5.32 Å². The molecule has 0 spiro atoms. The van der Waals surface area contributed by atoms with Gasteiger partial charge in [-0.2, -0.15) is 0 Å². The van der Waals surface area contributed by atoms with Crippen molar-refractivity contribution in [2.24, 2.45) is 0 Å². The van der Waals surface area contributed by atoms with Crippen molar-refractivity contribution in [2.75, 3.05) is 5.32 Å². The minimum atomic E-state index is -0.445. The van der Waals surface area contributed by atoms with Crippen molar-refractivity contribution in [1.29, 1.82) is 0 Å². The van der Waals surface area contributed by atoms with Crippen molar-refractivity contribution in [2.45, 2.75) is 19.3 Å². The second-order valence-corrected chi connectivity index (χ2v) is 7.13. The average molecular weight is 393 g/mol. The van der Waals surface area contributed by atoms with Crippen molar-refractivity contribution < 1.29 is 9.18 Å². The summed E-state index contributed by atoms with van der Waals surface area (Å²) < 4.78 is 15.5. The zero-order valence-electron chi connectivity index (χ0n) is 12.2. The van der Waals surface area contributed by atoms with E-state index in [1.807, 2.05) is 24.3 Å². The molecule has 0 saturated heterocycles. The van der Waals surface area contributed by atoms with Crippen LogP contribution in [0.15, 0.2) is 46.9 Å². The van der Waals surface area contributed by atoms with Crippen LogP contribution in [-0.2, 0) is 11.2 Å². The van der Waals surface area contributed by atoms with Gasteiger partial charge in [0, 0.05) is 10.9 Å². The molecule has 0 aliphatic heterocycles. The predicted molar refractivity (Wildman–Crippen MR) is 95.3 cm³/mol. The minimum absolute atomic E-state index is 0.188. The zero-order chi connectivity index (χ0) is 16.2. The zero-order valence-corrected chi connectivity index (χ0v) is 14.6. The Kier molecular flexibility index (Phi) is 5.03. The summed E-state index contributed by atoms with van der Waals surface area (Å²) in [6.45, 7) is 0. The van der Waals surface area contributed by atoms with E-state index < -0.39 is 5.82 Å². The maximum absolute atomic E-state index is 13.7. The molecule has 3 aromatic rings. The Labute approximate surface area is 145 Å². The quantitative estimate of drug-likeness (QED) is 0.651. The van der Waals surface area contributed by atoms with E-state index in [4.69, 9.17) is 0 Å². The van der Waals surface area contributed by atoms with E-state index in [0.717, 1.165) is 21.6 Å². The highest BCUT2D eigenvalue weighted by atomic mass is 79.9. The first-order valence-corrected chi connectivity index (χ1v) is 8.82. The number of thiazole rings is 1. The van der Waals surface area contributed by atoms with Gasteiger partial charge in [-0.05, 0) is 43.2 Å². The molecule has 0 aliphatic carbocycles. The third-order valence-electron chi connectivity index (χ3n) is 3.34. The number of aryl methyl sites for hydroxylation is 1. The summed E-state index contributed by atoms with van der Waals surface area (Å²) >= 11 is 4.84. The van der Waals surface area contributed by atoms with E-state index in [0.29, 0.717) is 17.3 Å². The number of benzene rings is 2. The van der Waals surface area contributed by atoms with Gasteiger partial charge in [-0.1, -0.05) is 28.1 Å². The molecule has 2 aromatic carbocycles. The summed E-state index contributed by atoms with van der Waals surface area (Å²) in [5.41, 5.74) is 1.20. The summed E-state index contributed by atoms with van der Waals surface area (Å²) in [7, 11) is 0. The highest BCUT2D eigenvalue weighted by Gasteiger charge is 2.09. The fraction of sp³-hybridized carbons (Fsp3) is 0.176. The van der Waals surface area contributed by atoms with Crippen LogP contribution in [0.25, 0.3) is 10.2 Å². The Morgan fingerprint density at radius 1 is 1.26 bits per heavy atom. The van der Waals surface area contributed by atoms with E-state index in [2.05, 4.69) is 26.2 Å². The largest absolute Gasteiger partial charge is 0.324 e. The van der Waals surface area contributed by atoms with Gasteiger partial charge >= 0.3 is 0 Å². The van der Waals surface area contributed by atoms with Crippen LogP contribution in [0.1, 0.15) is 17.8 Å². The Morgan fingerprint density at radius 3 is 2.87 bits per heavy atom. The van der Waals surface area contributed by atoms with Crippen LogP contribution in [0, 0.1) is 5.82 Å². The Bertz CT molecular complexity index is 816. The van der Waals surface area contributed by atoms with Gasteiger partial charge in [0.2, 0.25) is 5.91 Å². The van der Waals surface area contributed by atoms with E-state index in [-0.39, 0.29) is 11.6 Å². The third-order valence-corrected chi connectivity index (χ3v) is 4.93. The molecular formula is C17H14BrFN2OS. The number of aromatic nitrogens is 1. The number of amides is 1. The van der Waals surface area contributed by atoms with Gasteiger partial charge in [-0.15, -0.1) is 11.3 Å². The molecule has 3 rings (SSSR count). The lowest BCUT2D eigenvalue weighted by Crippen LogP contribution is -2.12. The van der Waals surface area contributed by atoms with Crippen molar-refractivity contribution in [3.05, 3.63) is 57.8 Å². The SMILES string of the molecule is O=C(CCCc1nc2ccccc2s1)Nc1ccc(Br)cc1F. The number of nitrogens with zero attached hydrogens (tertiary/aromatic N) is 1. The maximum atomic E-state index is 13.7. The first kappa shape index (κ1) is 16.1. The lowest BCUT2D eigenvalue weighted by atomic mass is 10.2. The Balaban J connectivity index is 1.52. The first-order chi connectivity index (χ1) is 11.1. The first-order valence-electron chi connectivity index (χ1n) is 7.21. The molecule has 118 valence electrons. The van der Waals surface area contributed by atoms with Crippen LogP contribution in [0.4, 0.5) is 10.1 Å². The lowest BCUT2D eigenvalue weighted by molar-refractivity contribution is -0.116. The molecule has 6 heteroatoms. The lowest BCUT2D eigenvalue weighted by Gasteiger charge is -2.06. The number of nitrogens with one attached hydrogen (secondary N) is 1. The normalized spacial score (nSPS) is 10.9. The Hall–Kier alpha value is -1.79. The van der Waals surface area contributed by atoms with E-state index in [9.17, 15) is 9.18 Å². The number of para-hydroxylation sites is 1. The van der Waals surface area contributed by atoms with Crippen LogP contribution in [-0.4, -0.2) is 10.9 Å². The minimum Gasteiger partial charge on any atom is -0.324 e. The summed E-state index contributed by atoms with van der Waals surface area (Å²) in [4.78, 5) is 16.4. The van der Waals surface area contributed by atoms with Crippen LogP contribution >= 0.6 is 27.3 Å². The van der Waals surface area contributed by atoms with Crippen LogP contribution < -0.4 is 5.32 Å². The van der Waals surface area contributed by atoms with Gasteiger partial charge in [0.1, 0.15) is 5.82 Å². The Morgan fingerprint density at radius 2 is 2.09 bits per heavy atom. The van der Waals surface area contributed by atoms with Gasteiger partial charge in [0.15, 0.2) is 0 Å². The molecular weight excluding hydrogens is 379 g/mol. The van der Waals surface area contributed by atoms with Gasteiger partial charge in [-0.25, -0.2) is 9.37 Å². The monoisotopic (exact) mass is 392 g/mol. The smallest absolute Gasteiger partial charge is 0.224 e. The number of anilines is 1. The third kappa shape index (κ3) is 4.14. The molecule has 1 heterocycles. The predicted octanol–water partition coefficient (Wildman–Crippen LogP) is 5.16. The molecule has 0 unspecified atom stereocenters. The topological polar surface area (TPSA) is 42.0 Å². The summed E-state index contributed by atoms with van der Waals surface area (Å²) in [5, 5.41) is 3.62. The van der Waals surface area contributed by atoms with Crippen molar-refractivity contribution in [3.63, 3.8) is 0 Å². The van der Waals surface area contributed by atoms with Gasteiger partial charge in [0.25, 0.3) is 0 Å². The molecule has 0 radical (unpaired) electrons. The van der Waals surface area contributed by atoms with E-state index in [1.165, 1.54) is 6.07 Å². The number of fused-ring (bicyclic) bond motifs is 1. The summed E-state index contributed by atoms with van der Waals surface area (Å²) in [6.07, 6.45) is 1.77. The second kappa shape index (κ2) is 7.19. The molecule has 1 amide bonds. The van der Waals surface area contributed by atoms with Crippen LogP contribution in [0.3, 0.4) is 0 Å². The molecule has 3 nitrogen and oxygen atoms in total. The molecule has 1 aromatic heterocycles. The van der Waals surface area contributed by atoms with Crippen molar-refractivity contribution >= 4 is 49.1 Å². The molecule has 0 saturated carbocycles. The average Bonchev–Trinajstić information content (AvgIpc) is 2.93. The maximum Gasteiger partial charge on any atom is 0.224 e. The number of hydrogen-bond donors (Lipinski definition) is 1. The number of carbonyl (C=O) groups is 1. The fourth-order valence-electron chi connectivity index (χ4n) is 2.23. The van der Waals surface area contributed by atoms with Gasteiger partial charge in [0.05, 0.1) is 20.9 Å². The van der Waals surface area contributed by atoms with Crippen molar-refractivity contribution in [1.82, 2.24) is 4.98 Å². The van der Waals surface area contributed by atoms with Gasteiger partial charge in [-0.3, -0.25) is 4.79 Å². The van der Waals surface area contributed by atoms with Crippen LogP contribution in [0.2, 0.25) is 0 Å². The highest BCUT2D eigenvalue weighted by molar-refractivity contribution is 9.10. The standard InChI is InChI=1S/C17H14BrFN2OS/c18-11-8-9-13(12(19)10-11)20-16(22)6-3-7-17-21-14-4-1-2-5-15(14)23-17/h1-2,4-5,8-10H,3,6-7H2,(H,20,22). The summed E-state index contributed by atoms with van der Waals surface area (Å²) in [5.74, 6) is -0.633. The summed E-state index contributed by atoms with van der Waals surface area (Å²) in [6, 6.07) is 12.6. The van der Waals surface area contributed by atoms with Crippen LogP contribution in [0.5, 0.6) is 0 Å². The van der Waals surface area contributed by atoms with Crippen molar-refractivity contribution in [3.8, 4) is 0 Å². The molecule has 23 heavy (non-hydrogen) atoms. The number of rotatable bonds is 5. The molecule has 0 bridgehead atoms. The highest BCUT2D eigenvalue weighted by Crippen LogP contribution is 2.23. The number of carbonyl (C=O) groups excluding carboxylic acids is 1. The fourth-order valence-corrected chi connectivity index (χ4v) is 3.57. The molecule has 0 aliphatic rings. The number of halogens is 2. The second-order valence-electron chi connectivity index (χ2n) is 5.10. The molecule has 0 fully saturated rings. The van der Waals surface area contributed by atoms with E-state index >= 15 is 0 Å². The number of hydrogen-bond acceptors (Lipinski definition) is 3. The van der Waals surface area contributed by atoms with E-state index in [1.54, 1.807) is 23.5 Å². The molecule has 0 atom stereocenters.